The molecular weight excluding hydrogens is 303 g/mol. The summed E-state index contributed by atoms with van der Waals surface area (Å²) >= 11 is 13.6. The van der Waals surface area contributed by atoms with Crippen molar-refractivity contribution in [1.82, 2.24) is 5.32 Å². The molecule has 3 nitrogen and oxygen atoms in total. The summed E-state index contributed by atoms with van der Waals surface area (Å²) in [4.78, 5) is 11.9. The monoisotopic (exact) mass is 320 g/mol. The van der Waals surface area contributed by atoms with E-state index < -0.39 is 0 Å². The number of thioether (sulfide) groups is 1. The molecule has 1 aromatic rings. The third kappa shape index (κ3) is 5.51. The summed E-state index contributed by atoms with van der Waals surface area (Å²) in [5, 5.41) is 3.43. The Kier molecular flexibility index (Phi) is 7.42. The number of nitrogen functional groups attached to an aromatic ring is 1. The van der Waals surface area contributed by atoms with E-state index in [4.69, 9.17) is 28.9 Å². The van der Waals surface area contributed by atoms with E-state index in [-0.39, 0.29) is 10.9 Å². The standard InChI is InChI=1S/C13H18Cl2N2OS/c1-19-6-4-2-3-5-17-13(18)9-7-10(14)12(15)11(16)8-9/h7-8H,2-6,16H2,1H3,(H,17,18). The first-order valence-corrected chi connectivity index (χ1v) is 8.23. The van der Waals surface area contributed by atoms with E-state index in [1.807, 2.05) is 11.8 Å². The van der Waals surface area contributed by atoms with Crippen LogP contribution in [0.25, 0.3) is 0 Å². The van der Waals surface area contributed by atoms with Crippen molar-refractivity contribution in [2.45, 2.75) is 19.3 Å². The van der Waals surface area contributed by atoms with E-state index in [9.17, 15) is 4.79 Å². The lowest BCUT2D eigenvalue weighted by Crippen LogP contribution is -2.24. The molecule has 6 heteroatoms. The van der Waals surface area contributed by atoms with Crippen molar-refractivity contribution in [3.63, 3.8) is 0 Å². The summed E-state index contributed by atoms with van der Waals surface area (Å²) < 4.78 is 0. The minimum Gasteiger partial charge on any atom is -0.397 e. The third-order valence-electron chi connectivity index (χ3n) is 2.63. The Morgan fingerprint density at radius 3 is 2.68 bits per heavy atom. The van der Waals surface area contributed by atoms with Crippen LogP contribution in [0.4, 0.5) is 5.69 Å². The van der Waals surface area contributed by atoms with Crippen LogP contribution in [0.15, 0.2) is 12.1 Å². The van der Waals surface area contributed by atoms with Crippen LogP contribution >= 0.6 is 35.0 Å². The maximum atomic E-state index is 11.9. The Bertz CT molecular complexity index is 418. The number of hydrogen-bond acceptors (Lipinski definition) is 3. The summed E-state index contributed by atoms with van der Waals surface area (Å²) in [6.45, 7) is 0.660. The molecule has 0 radical (unpaired) electrons. The number of anilines is 1. The predicted octanol–water partition coefficient (Wildman–Crippen LogP) is 3.84. The maximum absolute atomic E-state index is 11.9. The highest BCUT2D eigenvalue weighted by molar-refractivity contribution is 7.98. The molecule has 0 aromatic heterocycles. The van der Waals surface area contributed by atoms with Gasteiger partial charge in [0.25, 0.3) is 5.91 Å². The van der Waals surface area contributed by atoms with Gasteiger partial charge in [-0.1, -0.05) is 29.6 Å². The van der Waals surface area contributed by atoms with E-state index >= 15 is 0 Å². The molecule has 0 fully saturated rings. The molecule has 0 aliphatic carbocycles. The van der Waals surface area contributed by atoms with E-state index in [0.717, 1.165) is 18.6 Å². The lowest BCUT2D eigenvalue weighted by molar-refractivity contribution is 0.0953. The molecule has 0 saturated carbocycles. The Labute approximate surface area is 128 Å². The molecule has 0 heterocycles. The van der Waals surface area contributed by atoms with Crippen LogP contribution in [0.2, 0.25) is 10.0 Å². The molecule has 0 bridgehead atoms. The molecule has 1 aromatic carbocycles. The second-order valence-electron chi connectivity index (χ2n) is 4.17. The van der Waals surface area contributed by atoms with E-state index in [1.165, 1.54) is 18.6 Å². The van der Waals surface area contributed by atoms with Crippen LogP contribution < -0.4 is 11.1 Å². The first-order chi connectivity index (χ1) is 9.06. The zero-order valence-electron chi connectivity index (χ0n) is 10.8. The lowest BCUT2D eigenvalue weighted by Gasteiger charge is -2.08. The van der Waals surface area contributed by atoms with Gasteiger partial charge in [0.05, 0.1) is 15.7 Å². The van der Waals surface area contributed by atoms with Crippen LogP contribution in [0.3, 0.4) is 0 Å². The van der Waals surface area contributed by atoms with Crippen LogP contribution in [0.1, 0.15) is 29.6 Å². The summed E-state index contributed by atoms with van der Waals surface area (Å²) in [6.07, 6.45) is 5.36. The first kappa shape index (κ1) is 16.5. The third-order valence-corrected chi connectivity index (χ3v) is 4.14. The quantitative estimate of drug-likeness (QED) is 0.593. The van der Waals surface area contributed by atoms with Crippen molar-refractivity contribution in [2.24, 2.45) is 0 Å². The van der Waals surface area contributed by atoms with E-state index in [1.54, 1.807) is 0 Å². The maximum Gasteiger partial charge on any atom is 0.251 e. The van der Waals surface area contributed by atoms with Gasteiger partial charge in [0.1, 0.15) is 0 Å². The van der Waals surface area contributed by atoms with E-state index in [2.05, 4.69) is 11.6 Å². The molecule has 0 spiro atoms. The number of benzene rings is 1. The van der Waals surface area contributed by atoms with Gasteiger partial charge in [-0.3, -0.25) is 4.79 Å². The molecule has 0 aliphatic heterocycles. The second kappa shape index (κ2) is 8.56. The largest absolute Gasteiger partial charge is 0.397 e. The molecule has 0 unspecified atom stereocenters. The fourth-order valence-electron chi connectivity index (χ4n) is 1.59. The summed E-state index contributed by atoms with van der Waals surface area (Å²) in [5.74, 6) is 0.993. The van der Waals surface area contributed by atoms with Gasteiger partial charge in [0.2, 0.25) is 0 Å². The highest BCUT2D eigenvalue weighted by atomic mass is 35.5. The van der Waals surface area contributed by atoms with Gasteiger partial charge in [0.15, 0.2) is 0 Å². The molecule has 1 amide bonds. The van der Waals surface area contributed by atoms with Gasteiger partial charge in [-0.2, -0.15) is 11.8 Å². The highest BCUT2D eigenvalue weighted by Gasteiger charge is 2.10. The number of nitrogens with one attached hydrogen (secondary N) is 1. The molecular formula is C13H18Cl2N2OS. The average Bonchev–Trinajstić information content (AvgIpc) is 2.39. The normalized spacial score (nSPS) is 10.5. The van der Waals surface area contributed by atoms with Crippen LogP contribution in [-0.4, -0.2) is 24.5 Å². The van der Waals surface area contributed by atoms with Gasteiger partial charge in [0, 0.05) is 12.1 Å². The van der Waals surface area contributed by atoms with Crippen molar-refractivity contribution >= 4 is 46.6 Å². The Balaban J connectivity index is 2.42. The zero-order chi connectivity index (χ0) is 14.3. The molecule has 1 rings (SSSR count). The number of nitrogens with two attached hydrogens (primary N) is 1. The van der Waals surface area contributed by atoms with E-state index in [0.29, 0.717) is 22.8 Å². The van der Waals surface area contributed by atoms with Crippen LogP contribution in [0, 0.1) is 0 Å². The van der Waals surface area contributed by atoms with Gasteiger partial charge < -0.3 is 11.1 Å². The Hall–Kier alpha value is -0.580. The highest BCUT2D eigenvalue weighted by Crippen LogP contribution is 2.29. The number of carbonyl (C=O) groups is 1. The fourth-order valence-corrected chi connectivity index (χ4v) is 2.42. The zero-order valence-corrected chi connectivity index (χ0v) is 13.2. The van der Waals surface area contributed by atoms with Gasteiger partial charge in [-0.25, -0.2) is 0 Å². The van der Waals surface area contributed by atoms with Crippen molar-refractivity contribution in [3.8, 4) is 0 Å². The number of halogens is 2. The Morgan fingerprint density at radius 2 is 2.05 bits per heavy atom. The van der Waals surface area contributed by atoms with Crippen LogP contribution in [-0.2, 0) is 0 Å². The lowest BCUT2D eigenvalue weighted by atomic mass is 10.2. The number of rotatable bonds is 7. The van der Waals surface area contributed by atoms with Crippen LogP contribution in [0.5, 0.6) is 0 Å². The van der Waals surface area contributed by atoms with Gasteiger partial charge in [-0.05, 0) is 37.0 Å². The number of unbranched alkanes of at least 4 members (excludes halogenated alkanes) is 2. The number of hydrogen-bond donors (Lipinski definition) is 2. The average molecular weight is 321 g/mol. The minimum atomic E-state index is -0.171. The topological polar surface area (TPSA) is 55.1 Å². The smallest absolute Gasteiger partial charge is 0.251 e. The summed E-state index contributed by atoms with van der Waals surface area (Å²) in [6, 6.07) is 3.07. The molecule has 19 heavy (non-hydrogen) atoms. The summed E-state index contributed by atoms with van der Waals surface area (Å²) in [7, 11) is 0. The predicted molar refractivity (Wildman–Crippen MR) is 85.4 cm³/mol. The number of carbonyl (C=O) groups excluding carboxylic acids is 1. The van der Waals surface area contributed by atoms with Gasteiger partial charge in [-0.15, -0.1) is 0 Å². The Morgan fingerprint density at radius 1 is 1.32 bits per heavy atom. The second-order valence-corrected chi connectivity index (χ2v) is 5.94. The molecule has 0 aliphatic rings. The van der Waals surface area contributed by atoms with Gasteiger partial charge >= 0.3 is 0 Å². The SMILES string of the molecule is CSCCCCCNC(=O)c1cc(N)c(Cl)c(Cl)c1. The van der Waals surface area contributed by atoms with Crippen molar-refractivity contribution in [1.29, 1.82) is 0 Å². The molecule has 0 saturated heterocycles. The fraction of sp³-hybridized carbons (Fsp3) is 0.462. The van der Waals surface area contributed by atoms with Crippen molar-refractivity contribution < 1.29 is 4.79 Å². The van der Waals surface area contributed by atoms with Crippen molar-refractivity contribution in [2.75, 3.05) is 24.3 Å². The minimum absolute atomic E-state index is 0.171. The first-order valence-electron chi connectivity index (χ1n) is 6.08. The molecule has 3 N–H and O–H groups in total. The van der Waals surface area contributed by atoms with Crippen molar-refractivity contribution in [3.05, 3.63) is 27.7 Å². The molecule has 0 atom stereocenters. The summed E-state index contributed by atoms with van der Waals surface area (Å²) in [5.41, 5.74) is 6.43. The number of amides is 1. The molecule has 106 valence electrons.